The summed E-state index contributed by atoms with van der Waals surface area (Å²) >= 11 is 0. The van der Waals surface area contributed by atoms with E-state index in [9.17, 15) is 13.2 Å². The van der Waals surface area contributed by atoms with Crippen LogP contribution in [0.25, 0.3) is 0 Å². The fourth-order valence-corrected chi connectivity index (χ4v) is 4.01. The molecular formula is C19H26F3NO2. The van der Waals surface area contributed by atoms with E-state index in [-0.39, 0.29) is 17.7 Å². The van der Waals surface area contributed by atoms with Gasteiger partial charge in [-0.1, -0.05) is 31.0 Å². The molecule has 6 heteroatoms. The summed E-state index contributed by atoms with van der Waals surface area (Å²) in [4.78, 5) is 2.38. The average Bonchev–Trinajstić information content (AvgIpc) is 2.62. The zero-order valence-electron chi connectivity index (χ0n) is 14.6. The molecule has 1 heterocycles. The van der Waals surface area contributed by atoms with Crippen molar-refractivity contribution in [1.82, 2.24) is 4.90 Å². The SMILES string of the molecule is CC(O[C@H]1CCCC[C@H]1N1CCOCC1)c1ccccc1C(F)(F)F. The van der Waals surface area contributed by atoms with Gasteiger partial charge in [0.05, 0.1) is 31.0 Å². The van der Waals surface area contributed by atoms with Crippen molar-refractivity contribution >= 4 is 0 Å². The van der Waals surface area contributed by atoms with Crippen molar-refractivity contribution < 1.29 is 22.6 Å². The summed E-state index contributed by atoms with van der Waals surface area (Å²) in [7, 11) is 0. The maximum atomic E-state index is 13.3. The Bertz CT molecular complexity index is 558. The standard InChI is InChI=1S/C19H26F3NO2/c1-14(15-6-2-3-7-16(15)19(20,21)22)25-18-9-5-4-8-17(18)23-10-12-24-13-11-23/h2-3,6-7,14,17-18H,4-5,8-13H2,1H3/t14?,17-,18+/m1/s1. The van der Waals surface area contributed by atoms with Crippen molar-refractivity contribution in [3.05, 3.63) is 35.4 Å². The average molecular weight is 357 g/mol. The van der Waals surface area contributed by atoms with Crippen molar-refractivity contribution in [3.8, 4) is 0 Å². The van der Waals surface area contributed by atoms with Gasteiger partial charge in [-0.05, 0) is 31.4 Å². The zero-order chi connectivity index (χ0) is 17.9. The first-order valence-corrected chi connectivity index (χ1v) is 9.10. The van der Waals surface area contributed by atoms with Gasteiger partial charge < -0.3 is 9.47 Å². The molecule has 0 N–H and O–H groups in total. The van der Waals surface area contributed by atoms with Crippen LogP contribution in [0.15, 0.2) is 24.3 Å². The predicted molar refractivity (Wildman–Crippen MR) is 89.4 cm³/mol. The molecule has 25 heavy (non-hydrogen) atoms. The van der Waals surface area contributed by atoms with Gasteiger partial charge in [-0.15, -0.1) is 0 Å². The Kier molecular flexibility index (Phi) is 6.02. The highest BCUT2D eigenvalue weighted by atomic mass is 19.4. The molecule has 1 aromatic carbocycles. The number of morpholine rings is 1. The summed E-state index contributed by atoms with van der Waals surface area (Å²) in [6.07, 6.45) is -0.801. The monoisotopic (exact) mass is 357 g/mol. The van der Waals surface area contributed by atoms with Crippen molar-refractivity contribution in [2.24, 2.45) is 0 Å². The number of ether oxygens (including phenoxy) is 2. The summed E-state index contributed by atoms with van der Waals surface area (Å²) in [5, 5.41) is 0. The summed E-state index contributed by atoms with van der Waals surface area (Å²) in [5.74, 6) is 0. The second-order valence-electron chi connectivity index (χ2n) is 6.90. The highest BCUT2D eigenvalue weighted by Gasteiger charge is 2.37. The summed E-state index contributed by atoms with van der Waals surface area (Å²) in [6, 6.07) is 6.01. The molecule has 0 spiro atoms. The van der Waals surface area contributed by atoms with Crippen LogP contribution < -0.4 is 0 Å². The summed E-state index contributed by atoms with van der Waals surface area (Å²) in [6.45, 7) is 4.91. The van der Waals surface area contributed by atoms with Gasteiger partial charge in [0.25, 0.3) is 0 Å². The molecule has 1 unspecified atom stereocenters. The minimum atomic E-state index is -4.36. The van der Waals surface area contributed by atoms with E-state index in [0.29, 0.717) is 0 Å². The first kappa shape index (κ1) is 18.7. The topological polar surface area (TPSA) is 21.7 Å². The van der Waals surface area contributed by atoms with Crippen LogP contribution in [0.1, 0.15) is 49.8 Å². The first-order valence-electron chi connectivity index (χ1n) is 9.10. The third-order valence-electron chi connectivity index (χ3n) is 5.27. The van der Waals surface area contributed by atoms with Crippen LogP contribution in [-0.2, 0) is 15.7 Å². The van der Waals surface area contributed by atoms with Crippen LogP contribution >= 0.6 is 0 Å². The van der Waals surface area contributed by atoms with Crippen LogP contribution in [0.4, 0.5) is 13.2 Å². The van der Waals surface area contributed by atoms with Gasteiger partial charge in [0.1, 0.15) is 0 Å². The number of rotatable bonds is 4. The van der Waals surface area contributed by atoms with E-state index in [1.165, 1.54) is 12.1 Å². The molecule has 2 fully saturated rings. The number of alkyl halides is 3. The Morgan fingerprint density at radius 3 is 2.52 bits per heavy atom. The fraction of sp³-hybridized carbons (Fsp3) is 0.684. The Balaban J connectivity index is 1.73. The van der Waals surface area contributed by atoms with Crippen molar-refractivity contribution in [2.75, 3.05) is 26.3 Å². The predicted octanol–water partition coefficient (Wildman–Crippen LogP) is 4.43. The minimum absolute atomic E-state index is 0.0249. The lowest BCUT2D eigenvalue weighted by atomic mass is 9.90. The van der Waals surface area contributed by atoms with Gasteiger partial charge in [-0.3, -0.25) is 4.90 Å². The zero-order valence-corrected chi connectivity index (χ0v) is 14.6. The van der Waals surface area contributed by atoms with E-state index < -0.39 is 17.8 Å². The first-order chi connectivity index (χ1) is 12.0. The van der Waals surface area contributed by atoms with E-state index in [1.807, 2.05) is 0 Å². The lowest BCUT2D eigenvalue weighted by Gasteiger charge is -2.42. The fourth-order valence-electron chi connectivity index (χ4n) is 4.01. The van der Waals surface area contributed by atoms with Gasteiger partial charge >= 0.3 is 6.18 Å². The third-order valence-corrected chi connectivity index (χ3v) is 5.27. The van der Waals surface area contributed by atoms with E-state index in [1.54, 1.807) is 13.0 Å². The van der Waals surface area contributed by atoms with Gasteiger partial charge in [-0.2, -0.15) is 13.2 Å². The summed E-state index contributed by atoms with van der Waals surface area (Å²) in [5.41, 5.74) is -0.373. The molecule has 140 valence electrons. The minimum Gasteiger partial charge on any atom is -0.379 e. The smallest absolute Gasteiger partial charge is 0.379 e. The quantitative estimate of drug-likeness (QED) is 0.796. The molecule has 1 aliphatic heterocycles. The Labute approximate surface area is 147 Å². The normalized spacial score (nSPS) is 27.2. The maximum absolute atomic E-state index is 13.3. The van der Waals surface area contributed by atoms with Crippen molar-refractivity contribution in [1.29, 1.82) is 0 Å². The molecule has 1 saturated heterocycles. The molecule has 1 saturated carbocycles. The van der Waals surface area contributed by atoms with Gasteiger partial charge in [0.15, 0.2) is 0 Å². The van der Waals surface area contributed by atoms with E-state index >= 15 is 0 Å². The molecule has 2 aliphatic rings. The van der Waals surface area contributed by atoms with Gasteiger partial charge in [0, 0.05) is 19.1 Å². The summed E-state index contributed by atoms with van der Waals surface area (Å²) < 4.78 is 51.4. The Hall–Kier alpha value is -1.11. The lowest BCUT2D eigenvalue weighted by Crippen LogP contribution is -2.51. The van der Waals surface area contributed by atoms with E-state index in [2.05, 4.69) is 4.90 Å². The molecule has 1 aliphatic carbocycles. The molecule has 0 amide bonds. The Morgan fingerprint density at radius 2 is 1.80 bits per heavy atom. The molecule has 3 rings (SSSR count). The largest absolute Gasteiger partial charge is 0.416 e. The third kappa shape index (κ3) is 4.54. The molecular weight excluding hydrogens is 331 g/mol. The van der Waals surface area contributed by atoms with Gasteiger partial charge in [-0.25, -0.2) is 0 Å². The second kappa shape index (κ2) is 8.06. The van der Waals surface area contributed by atoms with Crippen LogP contribution in [0.5, 0.6) is 0 Å². The number of benzene rings is 1. The second-order valence-corrected chi connectivity index (χ2v) is 6.90. The number of hydrogen-bond donors (Lipinski definition) is 0. The van der Waals surface area contributed by atoms with Crippen LogP contribution in [0, 0.1) is 0 Å². The van der Waals surface area contributed by atoms with Crippen LogP contribution in [-0.4, -0.2) is 43.3 Å². The highest BCUT2D eigenvalue weighted by Crippen LogP contribution is 2.37. The van der Waals surface area contributed by atoms with E-state index in [4.69, 9.17) is 9.47 Å². The highest BCUT2D eigenvalue weighted by molar-refractivity contribution is 5.31. The van der Waals surface area contributed by atoms with Gasteiger partial charge in [0.2, 0.25) is 0 Å². The van der Waals surface area contributed by atoms with Crippen LogP contribution in [0.2, 0.25) is 0 Å². The van der Waals surface area contributed by atoms with E-state index in [0.717, 1.165) is 58.1 Å². The number of halogens is 3. The lowest BCUT2D eigenvalue weighted by molar-refractivity contribution is -0.141. The maximum Gasteiger partial charge on any atom is 0.416 e. The number of hydrogen-bond acceptors (Lipinski definition) is 3. The molecule has 3 atom stereocenters. The molecule has 1 aromatic rings. The van der Waals surface area contributed by atoms with Crippen LogP contribution in [0.3, 0.4) is 0 Å². The number of nitrogens with zero attached hydrogens (tertiary/aromatic N) is 1. The molecule has 0 radical (unpaired) electrons. The Morgan fingerprint density at radius 1 is 1.12 bits per heavy atom. The molecule has 0 aromatic heterocycles. The molecule has 3 nitrogen and oxygen atoms in total. The van der Waals surface area contributed by atoms with Crippen molar-refractivity contribution in [2.45, 2.75) is 57.0 Å². The van der Waals surface area contributed by atoms with Crippen molar-refractivity contribution in [3.63, 3.8) is 0 Å². The molecule has 0 bridgehead atoms.